The fourth-order valence-corrected chi connectivity index (χ4v) is 16.6. The van der Waals surface area contributed by atoms with Crippen LogP contribution in [0.4, 0.5) is 0 Å². The number of phenolic OH excluding ortho intramolecular Hbond substituents is 1. The summed E-state index contributed by atoms with van der Waals surface area (Å²) in [6.07, 6.45) is 17.4. The number of nitrogens with one attached hydrogen (secondary N) is 3. The summed E-state index contributed by atoms with van der Waals surface area (Å²) in [6.45, 7) is 10.1. The number of nitrogens with zero attached hydrogens (tertiary/aromatic N) is 1. The second-order valence-electron chi connectivity index (χ2n) is 26.5. The van der Waals surface area contributed by atoms with Crippen LogP contribution in [-0.2, 0) is 33.6 Å². The number of allylic oxidation sites excluding steroid dienone is 5. The summed E-state index contributed by atoms with van der Waals surface area (Å²) in [4.78, 5) is 34.2. The Bertz CT molecular complexity index is 3180. The van der Waals surface area contributed by atoms with E-state index in [-0.39, 0.29) is 68.1 Å². The van der Waals surface area contributed by atoms with Gasteiger partial charge in [-0.3, -0.25) is 19.9 Å². The first-order valence-corrected chi connectivity index (χ1v) is 32.2. The number of rotatable bonds is 8. The molecule has 13 atom stereocenters. The zero-order chi connectivity index (χ0) is 61.4. The van der Waals surface area contributed by atoms with Crippen LogP contribution in [0.15, 0.2) is 130 Å². The van der Waals surface area contributed by atoms with Crippen LogP contribution in [0.2, 0.25) is 0 Å². The van der Waals surface area contributed by atoms with Crippen molar-refractivity contribution in [2.75, 3.05) is 32.8 Å². The summed E-state index contributed by atoms with van der Waals surface area (Å²) < 4.78 is 6.39. The molecule has 0 unspecified atom stereocenters. The number of ether oxygens (including phenoxy) is 1. The molecule has 4 saturated carbocycles. The third-order valence-electron chi connectivity index (χ3n) is 21.1. The second-order valence-corrected chi connectivity index (χ2v) is 26.5. The largest absolute Gasteiger partial charge is 0.508 e. The predicted molar refractivity (Wildman–Crippen MR) is 342 cm³/mol. The summed E-state index contributed by atoms with van der Waals surface area (Å²) in [5.74, 6) is 4.64. The van der Waals surface area contributed by atoms with Gasteiger partial charge in [0.05, 0.1) is 30.5 Å². The average Bonchev–Trinajstić information content (AvgIpc) is 1.62. The number of nitrogens with two attached hydrogens (primary N) is 3. The molecule has 15 nitrogen and oxygen atoms in total. The Labute approximate surface area is 515 Å². The van der Waals surface area contributed by atoms with Crippen LogP contribution >= 0.6 is 0 Å². The molecule has 87 heavy (non-hydrogen) atoms. The molecule has 0 radical (unpaired) electrons. The van der Waals surface area contributed by atoms with E-state index in [4.69, 9.17) is 21.9 Å². The summed E-state index contributed by atoms with van der Waals surface area (Å²) in [7, 11) is 0. The number of ketones is 1. The van der Waals surface area contributed by atoms with Gasteiger partial charge in [0.25, 0.3) is 0 Å². The smallest absolute Gasteiger partial charge is 0.243 e. The lowest BCUT2D eigenvalue weighted by Crippen LogP contribution is -2.65. The van der Waals surface area contributed by atoms with Gasteiger partial charge >= 0.3 is 0 Å². The highest BCUT2D eigenvalue weighted by molar-refractivity contribution is 5.98. The maximum Gasteiger partial charge on any atom is 0.243 e. The lowest BCUT2D eigenvalue weighted by molar-refractivity contribution is -0.216. The third kappa shape index (κ3) is 14.3. The Morgan fingerprint density at radius 1 is 0.931 bits per heavy atom. The maximum absolute atomic E-state index is 15.4. The van der Waals surface area contributed by atoms with Crippen molar-refractivity contribution in [3.8, 4) is 17.6 Å². The van der Waals surface area contributed by atoms with E-state index in [9.17, 15) is 30.3 Å². The Morgan fingerprint density at radius 2 is 1.70 bits per heavy atom. The minimum absolute atomic E-state index is 0.0458. The number of aliphatic imine (C=N–C) groups is 1. The van der Waals surface area contributed by atoms with Gasteiger partial charge in [0, 0.05) is 49.2 Å². The lowest BCUT2D eigenvalue weighted by Gasteiger charge is -2.61. The van der Waals surface area contributed by atoms with Crippen LogP contribution in [0.3, 0.4) is 0 Å². The Hall–Kier alpha value is -6.19. The number of hydrogen-bond donors (Lipinski definition) is 11. The number of aliphatic hydroxyl groups is 4. The first-order chi connectivity index (χ1) is 41.9. The van der Waals surface area contributed by atoms with E-state index in [0.29, 0.717) is 86.0 Å². The normalized spacial score (nSPS) is 34.4. The van der Waals surface area contributed by atoms with Crippen molar-refractivity contribution in [1.29, 1.82) is 0 Å². The topological polar surface area (TPSA) is 271 Å². The summed E-state index contributed by atoms with van der Waals surface area (Å²) >= 11 is 0. The van der Waals surface area contributed by atoms with Crippen molar-refractivity contribution in [3.63, 3.8) is 0 Å². The third-order valence-corrected chi connectivity index (χ3v) is 21.1. The first-order valence-electron chi connectivity index (χ1n) is 32.2. The second kappa shape index (κ2) is 28.5. The number of carbonyl (C=O) groups excluding carboxylic acids is 2. The van der Waals surface area contributed by atoms with Crippen molar-refractivity contribution < 1.29 is 39.9 Å². The molecule has 15 heteroatoms. The lowest BCUT2D eigenvalue weighted by atomic mass is 9.45. The molecule has 3 heterocycles. The Morgan fingerprint density at radius 3 is 2.48 bits per heavy atom. The van der Waals surface area contributed by atoms with Crippen molar-refractivity contribution in [1.82, 2.24) is 16.0 Å². The number of carbonyl (C=O) groups is 2. The van der Waals surface area contributed by atoms with Crippen LogP contribution in [0.25, 0.3) is 0 Å². The van der Waals surface area contributed by atoms with Gasteiger partial charge in [0.2, 0.25) is 5.91 Å². The molecule has 1 spiro atoms. The molecule has 4 fully saturated rings. The molecule has 2 bridgehead atoms. The minimum Gasteiger partial charge on any atom is -0.508 e. The van der Waals surface area contributed by atoms with Crippen molar-refractivity contribution in [2.24, 2.45) is 57.2 Å². The monoisotopic (exact) mass is 1190 g/mol. The molecule has 0 saturated heterocycles. The number of benzene rings is 3. The van der Waals surface area contributed by atoms with E-state index in [1.54, 1.807) is 24.3 Å². The van der Waals surface area contributed by atoms with E-state index >= 15 is 4.79 Å². The fourth-order valence-electron chi connectivity index (χ4n) is 16.6. The number of amides is 1. The van der Waals surface area contributed by atoms with E-state index in [2.05, 4.69) is 76.7 Å². The highest BCUT2D eigenvalue weighted by Crippen LogP contribution is 2.69. The van der Waals surface area contributed by atoms with E-state index < -0.39 is 65.2 Å². The van der Waals surface area contributed by atoms with Crippen molar-refractivity contribution >= 4 is 17.6 Å². The molecular formula is C72H95N7O8. The summed E-state index contributed by atoms with van der Waals surface area (Å²) in [5.41, 5.74) is 25.2. The number of guanidine groups is 1. The van der Waals surface area contributed by atoms with Gasteiger partial charge in [-0.05, 0) is 183 Å². The minimum atomic E-state index is -1.27. The number of Topliss-reactive ketones (excluding diaryl/α,β-unsaturated/α-hetero) is 1. The summed E-state index contributed by atoms with van der Waals surface area (Å²) in [5, 5.41) is 72.7. The molecule has 7 aliphatic rings. The Kier molecular flexibility index (Phi) is 20.9. The van der Waals surface area contributed by atoms with Crippen molar-refractivity contribution in [2.45, 2.75) is 178 Å². The molecule has 0 aromatic heterocycles. The van der Waals surface area contributed by atoms with Crippen LogP contribution in [0.1, 0.15) is 162 Å². The molecule has 466 valence electrons. The van der Waals surface area contributed by atoms with Gasteiger partial charge in [0.15, 0.2) is 11.7 Å². The average molecular weight is 1190 g/mol. The van der Waals surface area contributed by atoms with E-state index in [1.165, 1.54) is 37.7 Å². The molecule has 10 rings (SSSR count). The molecule has 3 aromatic carbocycles. The van der Waals surface area contributed by atoms with Gasteiger partial charge in [0.1, 0.15) is 24.6 Å². The van der Waals surface area contributed by atoms with E-state index in [0.717, 1.165) is 59.2 Å². The molecule has 14 N–H and O–H groups in total. The predicted octanol–water partition coefficient (Wildman–Crippen LogP) is 8.16. The first kappa shape index (κ1) is 63.8. The standard InChI is InChI=1S/C72H95N7O8/c1-44-13-7-8-34-87-43-52(20-9-14-45(2)62(30-23-44)76-40-47-15-5-4-6-16-47)58-39-53-21-12-32-71(86)33-31-56-46(3)63(82)38-51-19-11-22-57-65(51)66(69(85)79-68(57)73)77-42-64(83)59(60(41-78-70(74)75)50-24-26-54(80)27-25-50)37-49-18-10-17-48(35-49)36-55(81)28-29-61(56)72(53,71)67(58)84/h9-11,14,17-20,22-27,35,47,53,55,58-62,64,66-68,76-77,80-81,83-84,86H,2,4-6,12-13,15-16,21,28-34,36-43,73H2,1,3H3,(H,79,85)(H4,74,75,78)/b14-9+,44-23+,52-20-,56-46+/t53-,55+,58+,59+,60+,61+,62-,64-,66-,67+,68+,71+,72+/m0/s1. The molecule has 3 aromatic rings. The quantitative estimate of drug-likeness (QED) is 0.0441. The van der Waals surface area contributed by atoms with E-state index in [1.807, 2.05) is 43.3 Å². The van der Waals surface area contributed by atoms with Gasteiger partial charge in [-0.25, -0.2) is 0 Å². The Balaban J connectivity index is 1.03. The van der Waals surface area contributed by atoms with Crippen LogP contribution in [0.5, 0.6) is 5.75 Å². The number of fused-ring (bicyclic) bond motifs is 3. The van der Waals surface area contributed by atoms with Gasteiger partial charge in [-0.1, -0.05) is 134 Å². The van der Waals surface area contributed by atoms with Gasteiger partial charge < -0.3 is 58.1 Å². The van der Waals surface area contributed by atoms with Crippen LogP contribution < -0.4 is 33.2 Å². The van der Waals surface area contributed by atoms with Crippen LogP contribution in [-0.4, -0.2) is 106 Å². The summed E-state index contributed by atoms with van der Waals surface area (Å²) in [6, 6.07) is 19.4. The molecular weight excluding hydrogens is 1090 g/mol. The number of β-amino-alcohol motifs (C(OH)–C–C–N with tert-alkyl or cyclic N) is 1. The molecule has 3 aliphatic heterocycles. The number of hydrogen-bond acceptors (Lipinski definition) is 12. The van der Waals surface area contributed by atoms with Gasteiger partial charge in [-0.15, -0.1) is 0 Å². The maximum atomic E-state index is 15.4. The zero-order valence-corrected chi connectivity index (χ0v) is 51.2. The highest BCUT2D eigenvalue weighted by Gasteiger charge is 2.70. The number of phenols is 1. The molecule has 1 amide bonds. The number of aromatic hydroxyl groups is 1. The molecule has 4 aliphatic carbocycles. The highest BCUT2D eigenvalue weighted by atomic mass is 16.5. The van der Waals surface area contributed by atoms with Gasteiger partial charge in [-0.2, -0.15) is 0 Å². The fraction of sp³-hybridized carbons (Fsp3) is 0.542. The van der Waals surface area contributed by atoms with Crippen LogP contribution in [0, 0.1) is 46.8 Å². The van der Waals surface area contributed by atoms with Crippen molar-refractivity contribution in [3.05, 3.63) is 159 Å². The zero-order valence-electron chi connectivity index (χ0n) is 51.2. The SMILES string of the molecule is C=C1/C=C/C=C(\[C@H]2C[C@@H]3CCC[C@@]4(O)CC/C5=C(/C)C(=O)Cc6cccc7c6[C@H](NC[C@H](O)[C@@H]([C@H](CN=C(N)N)c6ccc(O)cc6)Cc6cccc(c6)C[C@H](O)CC[C@H]5[C@@]34[C@@H]2O)C(=O)N[C@H]7N)COCC#CC/C(C)=C/C[C@@H]1NCC1CCCCC1. The number of aliphatic hydroxyl groups excluding tert-OH is 3.